The molecule has 2 rings (SSSR count). The van der Waals surface area contributed by atoms with Gasteiger partial charge in [-0.25, -0.2) is 9.97 Å². The Bertz CT molecular complexity index is 357. The molecule has 17 heavy (non-hydrogen) atoms. The van der Waals surface area contributed by atoms with Gasteiger partial charge in [-0.15, -0.1) is 0 Å². The SMILES string of the molecule is CCNC(CSc1nc(C)cc(C)n1)C1CC1. The summed E-state index contributed by atoms with van der Waals surface area (Å²) in [5.41, 5.74) is 2.12. The highest BCUT2D eigenvalue weighted by Crippen LogP contribution is 2.34. The van der Waals surface area contributed by atoms with Crippen molar-refractivity contribution < 1.29 is 0 Å². The lowest BCUT2D eigenvalue weighted by atomic mass is 10.2. The van der Waals surface area contributed by atoms with Crippen LogP contribution in [0.4, 0.5) is 0 Å². The number of rotatable bonds is 6. The van der Waals surface area contributed by atoms with Gasteiger partial charge in [0.2, 0.25) is 0 Å². The predicted octanol–water partition coefficient (Wildman–Crippen LogP) is 2.57. The number of thioether (sulfide) groups is 1. The van der Waals surface area contributed by atoms with Crippen LogP contribution in [0, 0.1) is 19.8 Å². The van der Waals surface area contributed by atoms with E-state index in [1.807, 2.05) is 19.9 Å². The first-order valence-electron chi connectivity index (χ1n) is 6.37. The van der Waals surface area contributed by atoms with Gasteiger partial charge in [0.05, 0.1) is 0 Å². The van der Waals surface area contributed by atoms with Crippen LogP contribution < -0.4 is 5.32 Å². The molecule has 1 unspecified atom stereocenters. The fourth-order valence-electron chi connectivity index (χ4n) is 2.04. The lowest BCUT2D eigenvalue weighted by Crippen LogP contribution is -2.33. The highest BCUT2D eigenvalue weighted by molar-refractivity contribution is 7.99. The molecule has 1 saturated carbocycles. The van der Waals surface area contributed by atoms with E-state index in [0.29, 0.717) is 6.04 Å². The van der Waals surface area contributed by atoms with Gasteiger partial charge in [-0.2, -0.15) is 0 Å². The zero-order valence-corrected chi connectivity index (χ0v) is 11.7. The topological polar surface area (TPSA) is 37.8 Å². The van der Waals surface area contributed by atoms with Crippen LogP contribution in [-0.4, -0.2) is 28.3 Å². The Morgan fingerprint density at radius 3 is 2.53 bits per heavy atom. The molecule has 1 N–H and O–H groups in total. The zero-order chi connectivity index (χ0) is 12.3. The van der Waals surface area contributed by atoms with E-state index in [1.54, 1.807) is 11.8 Å². The molecule has 0 bridgehead atoms. The lowest BCUT2D eigenvalue weighted by Gasteiger charge is -2.16. The highest BCUT2D eigenvalue weighted by Gasteiger charge is 2.30. The van der Waals surface area contributed by atoms with Crippen molar-refractivity contribution >= 4 is 11.8 Å². The first-order valence-corrected chi connectivity index (χ1v) is 7.36. The van der Waals surface area contributed by atoms with Gasteiger partial charge in [0.1, 0.15) is 0 Å². The molecule has 1 atom stereocenters. The number of aryl methyl sites for hydroxylation is 2. The van der Waals surface area contributed by atoms with E-state index in [2.05, 4.69) is 22.2 Å². The third kappa shape index (κ3) is 3.96. The van der Waals surface area contributed by atoms with Crippen LogP contribution in [0.25, 0.3) is 0 Å². The van der Waals surface area contributed by atoms with Crippen molar-refractivity contribution in [1.29, 1.82) is 0 Å². The highest BCUT2D eigenvalue weighted by atomic mass is 32.2. The Hall–Kier alpha value is -0.610. The molecule has 0 saturated heterocycles. The van der Waals surface area contributed by atoms with Gasteiger partial charge in [0.25, 0.3) is 0 Å². The van der Waals surface area contributed by atoms with Gasteiger partial charge in [-0.3, -0.25) is 0 Å². The molecule has 1 heterocycles. The van der Waals surface area contributed by atoms with Crippen molar-refractivity contribution in [2.75, 3.05) is 12.3 Å². The number of nitrogens with zero attached hydrogens (tertiary/aromatic N) is 2. The zero-order valence-electron chi connectivity index (χ0n) is 10.9. The molecule has 0 amide bonds. The molecular weight excluding hydrogens is 230 g/mol. The van der Waals surface area contributed by atoms with Crippen LogP contribution in [0.3, 0.4) is 0 Å². The van der Waals surface area contributed by atoms with Crippen molar-refractivity contribution in [2.45, 2.75) is 44.8 Å². The van der Waals surface area contributed by atoms with E-state index in [0.717, 1.165) is 34.8 Å². The normalized spacial score (nSPS) is 17.1. The summed E-state index contributed by atoms with van der Waals surface area (Å²) >= 11 is 1.78. The lowest BCUT2D eigenvalue weighted by molar-refractivity contribution is 0.519. The van der Waals surface area contributed by atoms with Crippen molar-refractivity contribution in [3.63, 3.8) is 0 Å². The Balaban J connectivity index is 1.91. The summed E-state index contributed by atoms with van der Waals surface area (Å²) in [5.74, 6) is 1.97. The average Bonchev–Trinajstić information content (AvgIpc) is 3.06. The van der Waals surface area contributed by atoms with Crippen LogP contribution in [0.15, 0.2) is 11.2 Å². The number of nitrogens with one attached hydrogen (secondary N) is 1. The Labute approximate surface area is 108 Å². The van der Waals surface area contributed by atoms with E-state index in [-0.39, 0.29) is 0 Å². The van der Waals surface area contributed by atoms with E-state index in [9.17, 15) is 0 Å². The first-order chi connectivity index (χ1) is 8.19. The quantitative estimate of drug-likeness (QED) is 0.623. The molecule has 0 spiro atoms. The molecule has 4 heteroatoms. The Morgan fingerprint density at radius 1 is 1.35 bits per heavy atom. The molecule has 1 aromatic rings. The smallest absolute Gasteiger partial charge is 0.188 e. The summed E-state index contributed by atoms with van der Waals surface area (Å²) in [7, 11) is 0. The second-order valence-corrected chi connectivity index (χ2v) is 5.73. The van der Waals surface area contributed by atoms with Crippen LogP contribution in [-0.2, 0) is 0 Å². The van der Waals surface area contributed by atoms with Crippen molar-refractivity contribution in [1.82, 2.24) is 15.3 Å². The molecule has 0 aliphatic heterocycles. The standard InChI is InChI=1S/C13H21N3S/c1-4-14-12(11-5-6-11)8-17-13-15-9(2)7-10(3)16-13/h7,11-12,14H,4-6,8H2,1-3H3. The average molecular weight is 251 g/mol. The molecule has 0 aromatic carbocycles. The van der Waals surface area contributed by atoms with Gasteiger partial charge in [-0.1, -0.05) is 18.7 Å². The summed E-state index contributed by atoms with van der Waals surface area (Å²) in [5, 5.41) is 4.49. The van der Waals surface area contributed by atoms with Gasteiger partial charge in [0.15, 0.2) is 5.16 Å². The Kier molecular flexibility index (Phi) is 4.40. The van der Waals surface area contributed by atoms with E-state index < -0.39 is 0 Å². The summed E-state index contributed by atoms with van der Waals surface area (Å²) < 4.78 is 0. The second-order valence-electron chi connectivity index (χ2n) is 4.75. The number of aromatic nitrogens is 2. The van der Waals surface area contributed by atoms with Gasteiger partial charge in [0, 0.05) is 23.2 Å². The fourth-order valence-corrected chi connectivity index (χ4v) is 3.18. The minimum absolute atomic E-state index is 0.634. The molecule has 1 fully saturated rings. The summed E-state index contributed by atoms with van der Waals surface area (Å²) in [4.78, 5) is 8.94. The first kappa shape index (κ1) is 12.8. The van der Waals surface area contributed by atoms with Crippen LogP contribution in [0.2, 0.25) is 0 Å². The van der Waals surface area contributed by atoms with Gasteiger partial charge < -0.3 is 5.32 Å². The van der Waals surface area contributed by atoms with Crippen LogP contribution >= 0.6 is 11.8 Å². The van der Waals surface area contributed by atoms with Crippen LogP contribution in [0.1, 0.15) is 31.2 Å². The molecule has 3 nitrogen and oxygen atoms in total. The number of hydrogen-bond acceptors (Lipinski definition) is 4. The third-order valence-corrected chi connectivity index (χ3v) is 3.98. The van der Waals surface area contributed by atoms with Gasteiger partial charge in [-0.05, 0) is 45.2 Å². The molecule has 0 radical (unpaired) electrons. The monoisotopic (exact) mass is 251 g/mol. The van der Waals surface area contributed by atoms with Crippen molar-refractivity contribution in [3.8, 4) is 0 Å². The van der Waals surface area contributed by atoms with E-state index in [4.69, 9.17) is 0 Å². The third-order valence-electron chi connectivity index (χ3n) is 3.01. The molecule has 94 valence electrons. The van der Waals surface area contributed by atoms with Crippen molar-refractivity contribution in [2.24, 2.45) is 5.92 Å². The number of hydrogen-bond donors (Lipinski definition) is 1. The van der Waals surface area contributed by atoms with E-state index >= 15 is 0 Å². The second kappa shape index (κ2) is 5.83. The van der Waals surface area contributed by atoms with Crippen LogP contribution in [0.5, 0.6) is 0 Å². The molecule has 1 aliphatic rings. The maximum absolute atomic E-state index is 4.47. The fraction of sp³-hybridized carbons (Fsp3) is 0.692. The maximum Gasteiger partial charge on any atom is 0.188 e. The van der Waals surface area contributed by atoms with Gasteiger partial charge >= 0.3 is 0 Å². The molecule has 1 aliphatic carbocycles. The summed E-state index contributed by atoms with van der Waals surface area (Å²) in [6, 6.07) is 2.65. The molecule has 1 aromatic heterocycles. The maximum atomic E-state index is 4.47. The largest absolute Gasteiger partial charge is 0.313 e. The Morgan fingerprint density at radius 2 is 2.00 bits per heavy atom. The summed E-state index contributed by atoms with van der Waals surface area (Å²) in [6.07, 6.45) is 2.76. The summed E-state index contributed by atoms with van der Waals surface area (Å²) in [6.45, 7) is 7.28. The predicted molar refractivity (Wildman–Crippen MR) is 72.4 cm³/mol. The molecular formula is C13H21N3S. The van der Waals surface area contributed by atoms with E-state index in [1.165, 1.54) is 12.8 Å². The van der Waals surface area contributed by atoms with Crippen molar-refractivity contribution in [3.05, 3.63) is 17.5 Å². The minimum Gasteiger partial charge on any atom is -0.313 e. The minimum atomic E-state index is 0.634.